The molecule has 2 atom stereocenters. The third-order valence-electron chi connectivity index (χ3n) is 4.18. The molecule has 0 aromatic heterocycles. The summed E-state index contributed by atoms with van der Waals surface area (Å²) in [6, 6.07) is 0. The van der Waals surface area contributed by atoms with E-state index in [4.69, 9.17) is 0 Å². The van der Waals surface area contributed by atoms with Gasteiger partial charge in [-0.25, -0.2) is 8.78 Å². The van der Waals surface area contributed by atoms with Gasteiger partial charge in [0.25, 0.3) is 5.92 Å². The number of alkyl halides is 2. The molecular weight excluding hydrogens is 176 g/mol. The van der Waals surface area contributed by atoms with Crippen molar-refractivity contribution >= 4 is 0 Å². The van der Waals surface area contributed by atoms with E-state index in [0.717, 1.165) is 13.0 Å². The zero-order chi connectivity index (χ0) is 9.32. The normalized spacial score (nSPS) is 51.9. The highest BCUT2D eigenvalue weighted by Gasteiger charge is 2.77. The Hall–Kier alpha value is -0.220. The predicted octanol–water partition coefficient (Wildman–Crippen LogP) is 0.852. The fourth-order valence-corrected chi connectivity index (χ4v) is 3.06. The van der Waals surface area contributed by atoms with Crippen molar-refractivity contribution in [1.29, 1.82) is 0 Å². The van der Waals surface area contributed by atoms with Crippen molar-refractivity contribution < 1.29 is 13.9 Å². The molecule has 1 unspecified atom stereocenters. The van der Waals surface area contributed by atoms with Gasteiger partial charge >= 0.3 is 0 Å². The van der Waals surface area contributed by atoms with Gasteiger partial charge in [0, 0.05) is 25.0 Å². The molecule has 13 heavy (non-hydrogen) atoms. The van der Waals surface area contributed by atoms with Gasteiger partial charge in [-0.1, -0.05) is 0 Å². The first kappa shape index (κ1) is 8.12. The van der Waals surface area contributed by atoms with Crippen LogP contribution in [0.4, 0.5) is 8.78 Å². The Morgan fingerprint density at radius 1 is 1.31 bits per heavy atom. The topological polar surface area (TPSA) is 23.5 Å². The first-order chi connectivity index (χ1) is 6.04. The van der Waals surface area contributed by atoms with E-state index in [-0.39, 0.29) is 18.6 Å². The average molecular weight is 189 g/mol. The maximum Gasteiger partial charge on any atom is 0.255 e. The molecule has 74 valence electrons. The molecular formula is C9H13F2NO. The summed E-state index contributed by atoms with van der Waals surface area (Å²) >= 11 is 0. The molecule has 0 amide bonds. The first-order valence-corrected chi connectivity index (χ1v) is 4.78. The Morgan fingerprint density at radius 3 is 2.31 bits per heavy atom. The van der Waals surface area contributed by atoms with Crippen LogP contribution in [0.2, 0.25) is 0 Å². The molecule has 3 fully saturated rings. The van der Waals surface area contributed by atoms with Crippen molar-refractivity contribution in [2.75, 3.05) is 19.7 Å². The summed E-state index contributed by atoms with van der Waals surface area (Å²) in [7, 11) is 0. The maximum atomic E-state index is 13.1. The van der Waals surface area contributed by atoms with Crippen molar-refractivity contribution in [3.05, 3.63) is 0 Å². The van der Waals surface area contributed by atoms with Crippen molar-refractivity contribution in [2.24, 2.45) is 5.41 Å². The van der Waals surface area contributed by atoms with Gasteiger partial charge in [0.15, 0.2) is 0 Å². The minimum absolute atomic E-state index is 0.0399. The molecule has 0 aromatic rings. The van der Waals surface area contributed by atoms with Crippen LogP contribution in [-0.2, 0) is 0 Å². The lowest BCUT2D eigenvalue weighted by atomic mass is 9.83. The van der Waals surface area contributed by atoms with E-state index < -0.39 is 11.3 Å². The lowest BCUT2D eigenvalue weighted by Crippen LogP contribution is -2.57. The minimum Gasteiger partial charge on any atom is -0.394 e. The van der Waals surface area contributed by atoms with E-state index in [1.807, 2.05) is 4.90 Å². The molecule has 2 nitrogen and oxygen atoms in total. The number of rotatable bonds is 1. The standard InChI is InChI=1S/C9H13F2NO/c10-9(11)4-7(9)3-8(6-13)1-2-12(8)5-7/h13H,1-6H2/t7-,8?/m0/s1. The SMILES string of the molecule is OCC12CCN1C[C@]1(C2)CC1(F)F. The maximum absolute atomic E-state index is 13.1. The number of aliphatic hydroxyl groups is 1. The lowest BCUT2D eigenvalue weighted by Gasteiger charge is -2.46. The van der Waals surface area contributed by atoms with Gasteiger partial charge in [0.05, 0.1) is 12.0 Å². The highest BCUT2D eigenvalue weighted by atomic mass is 19.3. The smallest absolute Gasteiger partial charge is 0.255 e. The van der Waals surface area contributed by atoms with Crippen LogP contribution in [0.3, 0.4) is 0 Å². The average Bonchev–Trinajstić information content (AvgIpc) is 2.50. The van der Waals surface area contributed by atoms with E-state index in [0.29, 0.717) is 13.0 Å². The van der Waals surface area contributed by atoms with Gasteiger partial charge in [-0.3, -0.25) is 4.90 Å². The summed E-state index contributed by atoms with van der Waals surface area (Å²) in [5.41, 5.74) is -1.02. The molecule has 1 aliphatic carbocycles. The van der Waals surface area contributed by atoms with Crippen LogP contribution in [0.1, 0.15) is 19.3 Å². The Morgan fingerprint density at radius 2 is 2.00 bits per heavy atom. The molecule has 4 heteroatoms. The summed E-state index contributed by atoms with van der Waals surface area (Å²) in [5.74, 6) is -2.45. The zero-order valence-corrected chi connectivity index (χ0v) is 7.39. The summed E-state index contributed by atoms with van der Waals surface area (Å²) in [5, 5.41) is 9.19. The third kappa shape index (κ3) is 0.749. The predicted molar refractivity (Wildman–Crippen MR) is 42.6 cm³/mol. The molecule has 1 N–H and O–H groups in total. The van der Waals surface area contributed by atoms with Crippen LogP contribution in [-0.4, -0.2) is 41.2 Å². The van der Waals surface area contributed by atoms with Crippen LogP contribution in [0.5, 0.6) is 0 Å². The van der Waals surface area contributed by atoms with Crippen LogP contribution in [0.15, 0.2) is 0 Å². The molecule has 3 rings (SSSR count). The van der Waals surface area contributed by atoms with Gasteiger partial charge in [-0.05, 0) is 12.8 Å². The van der Waals surface area contributed by atoms with Crippen molar-refractivity contribution in [1.82, 2.24) is 4.90 Å². The zero-order valence-electron chi connectivity index (χ0n) is 7.39. The Balaban J connectivity index is 1.86. The first-order valence-electron chi connectivity index (χ1n) is 4.78. The second-order valence-electron chi connectivity index (χ2n) is 4.89. The molecule has 0 bridgehead atoms. The van der Waals surface area contributed by atoms with Gasteiger partial charge in [0.2, 0.25) is 0 Å². The van der Waals surface area contributed by atoms with Crippen LogP contribution >= 0.6 is 0 Å². The summed E-state index contributed by atoms with van der Waals surface area (Å²) in [6.45, 7) is 1.43. The van der Waals surface area contributed by atoms with E-state index in [1.165, 1.54) is 0 Å². The number of hydrogen-bond donors (Lipinski definition) is 1. The Kier molecular flexibility index (Phi) is 1.19. The van der Waals surface area contributed by atoms with E-state index in [9.17, 15) is 13.9 Å². The number of nitrogens with zero attached hydrogens (tertiary/aromatic N) is 1. The Bertz CT molecular complexity index is 266. The highest BCUT2D eigenvalue weighted by molar-refractivity contribution is 5.23. The minimum atomic E-state index is -2.45. The molecule has 0 radical (unpaired) electrons. The molecule has 0 aromatic carbocycles. The van der Waals surface area contributed by atoms with Gasteiger partial charge < -0.3 is 5.11 Å². The van der Waals surface area contributed by atoms with E-state index in [2.05, 4.69) is 0 Å². The second-order valence-corrected chi connectivity index (χ2v) is 4.89. The second kappa shape index (κ2) is 1.91. The van der Waals surface area contributed by atoms with Gasteiger partial charge in [-0.15, -0.1) is 0 Å². The number of fused-ring (bicyclic) bond motifs is 1. The number of hydrogen-bond acceptors (Lipinski definition) is 2. The lowest BCUT2D eigenvalue weighted by molar-refractivity contribution is -0.0190. The Labute approximate surface area is 75.5 Å². The monoisotopic (exact) mass is 189 g/mol. The summed E-state index contributed by atoms with van der Waals surface area (Å²) < 4.78 is 26.1. The molecule has 1 spiro atoms. The largest absolute Gasteiger partial charge is 0.394 e. The molecule has 1 saturated carbocycles. The van der Waals surface area contributed by atoms with E-state index >= 15 is 0 Å². The van der Waals surface area contributed by atoms with Gasteiger partial charge in [-0.2, -0.15) is 0 Å². The molecule has 2 saturated heterocycles. The highest BCUT2D eigenvalue weighted by Crippen LogP contribution is 2.70. The quantitative estimate of drug-likeness (QED) is 0.661. The fraction of sp³-hybridized carbons (Fsp3) is 1.00. The number of aliphatic hydroxyl groups excluding tert-OH is 1. The van der Waals surface area contributed by atoms with E-state index in [1.54, 1.807) is 0 Å². The molecule has 2 heterocycles. The van der Waals surface area contributed by atoms with Crippen LogP contribution in [0.25, 0.3) is 0 Å². The summed E-state index contributed by atoms with van der Waals surface area (Å²) in [4.78, 5) is 2.04. The number of halogens is 2. The third-order valence-corrected chi connectivity index (χ3v) is 4.18. The van der Waals surface area contributed by atoms with Gasteiger partial charge in [0.1, 0.15) is 0 Å². The van der Waals surface area contributed by atoms with Crippen LogP contribution < -0.4 is 0 Å². The van der Waals surface area contributed by atoms with Crippen molar-refractivity contribution in [3.8, 4) is 0 Å². The summed E-state index contributed by atoms with van der Waals surface area (Å²) in [6.07, 6.45) is 1.43. The molecule has 2 aliphatic heterocycles. The molecule has 3 aliphatic rings. The van der Waals surface area contributed by atoms with Crippen LogP contribution in [0, 0.1) is 5.41 Å². The van der Waals surface area contributed by atoms with Crippen molar-refractivity contribution in [3.63, 3.8) is 0 Å². The fourth-order valence-electron chi connectivity index (χ4n) is 3.06. The van der Waals surface area contributed by atoms with Crippen molar-refractivity contribution in [2.45, 2.75) is 30.7 Å².